The van der Waals surface area contributed by atoms with Gasteiger partial charge in [-0.05, 0) is 30.7 Å². The Morgan fingerprint density at radius 2 is 1.97 bits per heavy atom. The molecule has 1 saturated heterocycles. The van der Waals surface area contributed by atoms with Gasteiger partial charge < -0.3 is 29.7 Å². The molecule has 0 unspecified atom stereocenters. The Bertz CT molecular complexity index is 1070. The number of nitrogens with two attached hydrogens (primary N) is 1. The van der Waals surface area contributed by atoms with Gasteiger partial charge in [0, 0.05) is 5.56 Å². The number of hydrogen-bond acceptors (Lipinski definition) is 6. The van der Waals surface area contributed by atoms with E-state index in [0.717, 1.165) is 6.07 Å². The van der Waals surface area contributed by atoms with Crippen LogP contribution in [0.3, 0.4) is 0 Å². The lowest BCUT2D eigenvalue weighted by atomic mass is 10.0. The first-order valence-electron chi connectivity index (χ1n) is 9.91. The molecular formula is C21H21F5N2O6. The molecule has 0 aliphatic carbocycles. The lowest BCUT2D eigenvalue weighted by molar-refractivity contribution is -0.242. The monoisotopic (exact) mass is 492 g/mol. The molecule has 1 aliphatic heterocycles. The van der Waals surface area contributed by atoms with E-state index in [4.69, 9.17) is 19.9 Å². The van der Waals surface area contributed by atoms with Crippen molar-refractivity contribution in [1.82, 2.24) is 4.98 Å². The van der Waals surface area contributed by atoms with Gasteiger partial charge >= 0.3 is 12.8 Å². The van der Waals surface area contributed by atoms with Gasteiger partial charge in [0.1, 0.15) is 35.3 Å². The normalized spacial score (nSPS) is 21.0. The molecule has 13 heteroatoms. The van der Waals surface area contributed by atoms with Crippen molar-refractivity contribution in [2.45, 2.75) is 31.4 Å². The molecule has 2 atom stereocenters. The number of aromatic amines is 1. The number of pyridine rings is 1. The summed E-state index contributed by atoms with van der Waals surface area (Å²) in [5.41, 5.74) is 0.411. The molecule has 1 aliphatic rings. The summed E-state index contributed by atoms with van der Waals surface area (Å²) in [6, 6.07) is 6.17. The molecule has 0 spiro atoms. The van der Waals surface area contributed by atoms with Crippen LogP contribution in [-0.2, 0) is 20.4 Å². The van der Waals surface area contributed by atoms with E-state index in [1.165, 1.54) is 24.3 Å². The van der Waals surface area contributed by atoms with Crippen LogP contribution in [0.5, 0.6) is 5.75 Å². The van der Waals surface area contributed by atoms with Gasteiger partial charge in [0.25, 0.3) is 11.5 Å². The number of halogens is 5. The number of primary amides is 1. The predicted octanol–water partition coefficient (Wildman–Crippen LogP) is 2.95. The fraction of sp³-hybridized carbons (Fsp3) is 0.429. The van der Waals surface area contributed by atoms with Crippen LogP contribution in [0.1, 0.15) is 23.0 Å². The lowest BCUT2D eigenvalue weighted by Crippen LogP contribution is -2.50. The van der Waals surface area contributed by atoms with E-state index in [-0.39, 0.29) is 37.7 Å². The molecule has 34 heavy (non-hydrogen) atoms. The molecule has 8 nitrogen and oxygen atoms in total. The Kier molecular flexibility index (Phi) is 7.58. The van der Waals surface area contributed by atoms with Crippen molar-refractivity contribution in [2.24, 2.45) is 5.73 Å². The van der Waals surface area contributed by atoms with Gasteiger partial charge in [-0.25, -0.2) is 0 Å². The molecule has 1 amide bonds. The van der Waals surface area contributed by atoms with Crippen LogP contribution in [0.15, 0.2) is 35.1 Å². The Morgan fingerprint density at radius 3 is 2.56 bits per heavy atom. The summed E-state index contributed by atoms with van der Waals surface area (Å²) < 4.78 is 85.9. The van der Waals surface area contributed by atoms with Crippen LogP contribution in [0, 0.1) is 0 Å². The van der Waals surface area contributed by atoms with Crippen molar-refractivity contribution in [2.75, 3.05) is 26.4 Å². The summed E-state index contributed by atoms with van der Waals surface area (Å²) in [6.07, 6.45) is -5.49. The smallest absolute Gasteiger partial charge is 0.431 e. The van der Waals surface area contributed by atoms with Crippen LogP contribution >= 0.6 is 0 Å². The van der Waals surface area contributed by atoms with E-state index < -0.39 is 52.8 Å². The third-order valence-corrected chi connectivity index (χ3v) is 4.87. The highest BCUT2D eigenvalue weighted by Crippen LogP contribution is 2.36. The van der Waals surface area contributed by atoms with Crippen molar-refractivity contribution in [3.63, 3.8) is 0 Å². The number of amides is 1. The number of hydrogen-bond donors (Lipinski definition) is 2. The zero-order valence-corrected chi connectivity index (χ0v) is 17.8. The van der Waals surface area contributed by atoms with Crippen LogP contribution in [0.4, 0.5) is 22.0 Å². The maximum Gasteiger partial charge on any atom is 0.431 e. The number of H-pyrrole nitrogens is 1. The van der Waals surface area contributed by atoms with Gasteiger partial charge in [0.05, 0.1) is 19.8 Å². The van der Waals surface area contributed by atoms with E-state index in [0.29, 0.717) is 0 Å². The molecule has 0 bridgehead atoms. The average molecular weight is 492 g/mol. The fourth-order valence-electron chi connectivity index (χ4n) is 3.36. The van der Waals surface area contributed by atoms with Crippen LogP contribution < -0.4 is 16.0 Å². The van der Waals surface area contributed by atoms with E-state index in [2.05, 4.69) is 4.74 Å². The van der Waals surface area contributed by atoms with Gasteiger partial charge in [-0.2, -0.15) is 22.0 Å². The summed E-state index contributed by atoms with van der Waals surface area (Å²) >= 11 is 0. The maximum atomic E-state index is 13.4. The fourth-order valence-corrected chi connectivity index (χ4v) is 3.36. The highest BCUT2D eigenvalue weighted by Gasteiger charge is 2.37. The van der Waals surface area contributed by atoms with Gasteiger partial charge in [-0.15, -0.1) is 0 Å². The van der Waals surface area contributed by atoms with Gasteiger partial charge in [0.15, 0.2) is 0 Å². The number of alkyl halides is 5. The van der Waals surface area contributed by atoms with Crippen LogP contribution in [0.2, 0.25) is 0 Å². The number of carbonyl (C=O) groups is 1. The first-order valence-corrected chi connectivity index (χ1v) is 9.91. The molecule has 3 rings (SSSR count). The number of nitrogens with one attached hydrogen (secondary N) is 1. The van der Waals surface area contributed by atoms with Gasteiger partial charge in [0.2, 0.25) is 0 Å². The number of ether oxygens (including phenoxy) is 4. The number of benzene rings is 1. The van der Waals surface area contributed by atoms with Gasteiger partial charge in [-0.1, -0.05) is 12.1 Å². The minimum Gasteiger partial charge on any atom is -0.491 e. The van der Waals surface area contributed by atoms with E-state index >= 15 is 0 Å². The third kappa shape index (κ3) is 6.30. The molecule has 1 aromatic heterocycles. The second kappa shape index (κ2) is 10.1. The van der Waals surface area contributed by atoms with Crippen molar-refractivity contribution >= 4 is 5.91 Å². The van der Waals surface area contributed by atoms with Crippen molar-refractivity contribution in [1.29, 1.82) is 0 Å². The summed E-state index contributed by atoms with van der Waals surface area (Å²) in [5, 5.41) is 0. The van der Waals surface area contributed by atoms with Crippen molar-refractivity contribution in [3.8, 4) is 16.9 Å². The van der Waals surface area contributed by atoms with Crippen molar-refractivity contribution < 1.29 is 45.7 Å². The Morgan fingerprint density at radius 1 is 1.29 bits per heavy atom. The predicted molar refractivity (Wildman–Crippen MR) is 108 cm³/mol. The standard InChI is InChI=1S/C21H21F5N2O6/c1-20(10-33-19(22)23)9-31-7-13(34-20)8-32-12-4-2-11(3-5-12)14-6-15(17(27)29)18(30)28-16(14)21(24,25)26/h2-6,13,19H,7-10H2,1H3,(H2,27,29)(H,28,30)/t13-,20+/m0/s1. The Balaban J connectivity index is 1.73. The molecule has 186 valence electrons. The van der Waals surface area contributed by atoms with Crippen molar-refractivity contribution in [3.05, 3.63) is 51.9 Å². The average Bonchev–Trinajstić information content (AvgIpc) is 2.76. The first-order chi connectivity index (χ1) is 15.9. The van der Waals surface area contributed by atoms with E-state index in [9.17, 15) is 31.5 Å². The Hall–Kier alpha value is -3.03. The van der Waals surface area contributed by atoms with E-state index in [1.807, 2.05) is 0 Å². The van der Waals surface area contributed by atoms with Crippen LogP contribution in [-0.4, -0.2) is 55.6 Å². The Labute approximate surface area is 189 Å². The molecule has 0 saturated carbocycles. The van der Waals surface area contributed by atoms with Crippen LogP contribution in [0.25, 0.3) is 11.1 Å². The summed E-state index contributed by atoms with van der Waals surface area (Å²) in [4.78, 5) is 24.9. The minimum atomic E-state index is -4.89. The molecule has 2 heterocycles. The molecule has 1 aromatic carbocycles. The summed E-state index contributed by atoms with van der Waals surface area (Å²) in [5.74, 6) is -0.895. The minimum absolute atomic E-state index is 0.0259. The second-order valence-corrected chi connectivity index (χ2v) is 7.77. The first kappa shape index (κ1) is 25.6. The molecular weight excluding hydrogens is 471 g/mol. The highest BCUT2D eigenvalue weighted by molar-refractivity contribution is 5.94. The number of aromatic nitrogens is 1. The zero-order valence-electron chi connectivity index (χ0n) is 17.8. The largest absolute Gasteiger partial charge is 0.491 e. The third-order valence-electron chi connectivity index (χ3n) is 4.87. The molecule has 1 fully saturated rings. The molecule has 3 N–H and O–H groups in total. The number of rotatable bonds is 8. The number of carbonyl (C=O) groups excluding carboxylic acids is 1. The maximum absolute atomic E-state index is 13.4. The van der Waals surface area contributed by atoms with E-state index in [1.54, 1.807) is 11.9 Å². The highest BCUT2D eigenvalue weighted by atomic mass is 19.4. The lowest BCUT2D eigenvalue weighted by Gasteiger charge is -2.38. The SMILES string of the molecule is C[C@]1(COC(F)F)COC[C@@H](COc2ccc(-c3cc(C(N)=O)c(=O)[nH]c3C(F)(F)F)cc2)O1. The van der Waals surface area contributed by atoms with Gasteiger partial charge in [-0.3, -0.25) is 9.59 Å². The zero-order chi connectivity index (χ0) is 25.1. The molecule has 2 aromatic rings. The second-order valence-electron chi connectivity index (χ2n) is 7.77. The summed E-state index contributed by atoms with van der Waals surface area (Å²) in [6.45, 7) is -1.61. The topological polar surface area (TPSA) is 113 Å². The quantitative estimate of drug-likeness (QED) is 0.548. The summed E-state index contributed by atoms with van der Waals surface area (Å²) in [7, 11) is 0. The molecule has 0 radical (unpaired) electrons.